The van der Waals surface area contributed by atoms with Crippen LogP contribution in [0.3, 0.4) is 0 Å². The summed E-state index contributed by atoms with van der Waals surface area (Å²) in [5.74, 6) is -1.84. The smallest absolute Gasteiger partial charge is 0.411 e. The number of halogens is 1. The topological polar surface area (TPSA) is 114 Å². The Kier molecular flexibility index (Phi) is 7.13. The van der Waals surface area contributed by atoms with Crippen LogP contribution in [0.5, 0.6) is 0 Å². The first-order valence-corrected chi connectivity index (χ1v) is 11.5. The number of carbonyl (C=O) groups is 3. The number of carboxylic acid groups (broad SMARTS) is 1. The minimum Gasteiger partial charge on any atom is -0.479 e. The number of carboxylic acids is 1. The molecule has 0 saturated heterocycles. The summed E-state index contributed by atoms with van der Waals surface area (Å²) in [4.78, 5) is 40.3. The van der Waals surface area contributed by atoms with E-state index in [1.54, 1.807) is 12.1 Å². The lowest BCUT2D eigenvalue weighted by molar-refractivity contribution is -0.152. The number of carbonyl (C=O) groups excluding carboxylic acids is 2. The molecule has 0 aromatic heterocycles. The Bertz CT molecular complexity index is 1220. The number of hydrogen-bond acceptors (Lipinski definition) is 5. The molecule has 3 aromatic carbocycles. The predicted molar refractivity (Wildman–Crippen MR) is 133 cm³/mol. The molecule has 1 aliphatic carbocycles. The molecule has 0 heterocycles. The summed E-state index contributed by atoms with van der Waals surface area (Å²) in [6.07, 6.45) is -1.78. The lowest BCUT2D eigenvalue weighted by Gasteiger charge is -2.15. The minimum absolute atomic E-state index is 0.0449. The third kappa shape index (κ3) is 5.05. The van der Waals surface area contributed by atoms with Crippen molar-refractivity contribution in [1.82, 2.24) is 5.48 Å². The molecule has 0 radical (unpaired) electrons. The highest BCUT2D eigenvalue weighted by atomic mass is 127. The Morgan fingerprint density at radius 3 is 2.21 bits per heavy atom. The molecule has 34 heavy (non-hydrogen) atoms. The Morgan fingerprint density at radius 2 is 1.62 bits per heavy atom. The van der Waals surface area contributed by atoms with E-state index in [2.05, 4.69) is 35.1 Å². The van der Waals surface area contributed by atoms with Gasteiger partial charge in [-0.15, -0.1) is 0 Å². The lowest BCUT2D eigenvalue weighted by Crippen LogP contribution is -2.32. The summed E-state index contributed by atoms with van der Waals surface area (Å²) in [7, 11) is 0. The van der Waals surface area contributed by atoms with Crippen LogP contribution in [-0.2, 0) is 14.4 Å². The van der Waals surface area contributed by atoms with Gasteiger partial charge in [0, 0.05) is 15.1 Å². The van der Waals surface area contributed by atoms with Gasteiger partial charge in [0.15, 0.2) is 6.10 Å². The molecule has 4 rings (SSSR count). The van der Waals surface area contributed by atoms with E-state index in [4.69, 9.17) is 14.7 Å². The quantitative estimate of drug-likeness (QED) is 0.277. The summed E-state index contributed by atoms with van der Waals surface area (Å²) in [5, 5.41) is 11.5. The van der Waals surface area contributed by atoms with Gasteiger partial charge in [-0.05, 0) is 70.0 Å². The van der Waals surface area contributed by atoms with Crippen LogP contribution in [0.4, 0.5) is 10.5 Å². The minimum atomic E-state index is -1.20. The van der Waals surface area contributed by atoms with Crippen molar-refractivity contribution < 1.29 is 29.1 Å². The molecule has 0 fully saturated rings. The van der Waals surface area contributed by atoms with E-state index < -0.39 is 24.1 Å². The van der Waals surface area contributed by atoms with Gasteiger partial charge in [-0.25, -0.2) is 15.1 Å². The number of hydroxylamine groups is 1. The summed E-state index contributed by atoms with van der Waals surface area (Å²) >= 11 is 1.99. The van der Waals surface area contributed by atoms with Crippen LogP contribution in [0.15, 0.2) is 66.7 Å². The average molecular weight is 572 g/mol. The van der Waals surface area contributed by atoms with Crippen molar-refractivity contribution in [2.75, 3.05) is 11.9 Å². The van der Waals surface area contributed by atoms with E-state index in [0.717, 1.165) is 22.3 Å². The number of hydrogen-bond donors (Lipinski definition) is 3. The first-order chi connectivity index (χ1) is 16.3. The molecule has 0 aliphatic heterocycles. The van der Waals surface area contributed by atoms with Crippen molar-refractivity contribution in [3.63, 3.8) is 0 Å². The van der Waals surface area contributed by atoms with Gasteiger partial charge >= 0.3 is 12.1 Å². The second kappa shape index (κ2) is 10.2. The molecule has 1 atom stereocenters. The number of ether oxygens (including phenoxy) is 1. The van der Waals surface area contributed by atoms with Crippen LogP contribution in [0, 0.1) is 3.57 Å². The number of amides is 2. The number of rotatable bonds is 7. The van der Waals surface area contributed by atoms with E-state index >= 15 is 0 Å². The Labute approximate surface area is 209 Å². The summed E-state index contributed by atoms with van der Waals surface area (Å²) < 4.78 is 6.16. The second-order valence-corrected chi connectivity index (χ2v) is 8.84. The van der Waals surface area contributed by atoms with Crippen molar-refractivity contribution in [1.29, 1.82) is 0 Å². The van der Waals surface area contributed by atoms with Gasteiger partial charge in [0.2, 0.25) is 0 Å². The number of fused-ring (bicyclic) bond motifs is 3. The summed E-state index contributed by atoms with van der Waals surface area (Å²) in [6, 6.07) is 20.8. The number of anilines is 1. The molecule has 3 aromatic rings. The highest BCUT2D eigenvalue weighted by molar-refractivity contribution is 14.1. The van der Waals surface area contributed by atoms with Crippen LogP contribution in [0.1, 0.15) is 34.3 Å². The van der Waals surface area contributed by atoms with E-state index in [0.29, 0.717) is 9.26 Å². The standard InChI is InChI=1S/C25H21IN2O6/c1-14(24(30)31)34-28-23(29)15-10-11-22(21(26)12-15)27-25(32)33-13-20-18-8-4-2-6-16(18)17-7-3-5-9-19(17)20/h2-12,14,20H,13H2,1H3,(H,27,32)(H,28,29)(H,30,31). The molecule has 2 amide bonds. The van der Waals surface area contributed by atoms with Gasteiger partial charge < -0.3 is 9.84 Å². The van der Waals surface area contributed by atoms with Crippen molar-refractivity contribution in [3.8, 4) is 11.1 Å². The predicted octanol–water partition coefficient (Wildman–Crippen LogP) is 4.79. The molecular weight excluding hydrogens is 551 g/mol. The van der Waals surface area contributed by atoms with Gasteiger partial charge in [0.25, 0.3) is 5.91 Å². The summed E-state index contributed by atoms with van der Waals surface area (Å²) in [6.45, 7) is 1.49. The van der Waals surface area contributed by atoms with E-state index in [-0.39, 0.29) is 18.1 Å². The lowest BCUT2D eigenvalue weighted by atomic mass is 9.98. The van der Waals surface area contributed by atoms with Crippen molar-refractivity contribution in [3.05, 3.63) is 87.0 Å². The fourth-order valence-electron chi connectivity index (χ4n) is 3.75. The molecule has 8 nitrogen and oxygen atoms in total. The average Bonchev–Trinajstić information content (AvgIpc) is 3.16. The van der Waals surface area contributed by atoms with E-state index in [1.165, 1.54) is 13.0 Å². The Balaban J connectivity index is 1.37. The van der Waals surface area contributed by atoms with E-state index in [9.17, 15) is 14.4 Å². The largest absolute Gasteiger partial charge is 0.479 e. The van der Waals surface area contributed by atoms with Gasteiger partial charge in [-0.3, -0.25) is 14.9 Å². The normalized spacial score (nSPS) is 12.9. The Hall–Kier alpha value is -3.44. The second-order valence-electron chi connectivity index (χ2n) is 7.67. The fourth-order valence-corrected chi connectivity index (χ4v) is 4.40. The maximum Gasteiger partial charge on any atom is 0.411 e. The first kappa shape index (κ1) is 23.7. The Morgan fingerprint density at radius 1 is 1.00 bits per heavy atom. The molecule has 9 heteroatoms. The third-order valence-electron chi connectivity index (χ3n) is 5.49. The molecule has 0 spiro atoms. The third-order valence-corrected chi connectivity index (χ3v) is 6.38. The van der Waals surface area contributed by atoms with E-state index in [1.807, 2.05) is 46.9 Å². The van der Waals surface area contributed by atoms with Gasteiger partial charge in [-0.2, -0.15) is 0 Å². The van der Waals surface area contributed by atoms with Crippen LogP contribution < -0.4 is 10.8 Å². The molecular formula is C25H21IN2O6. The van der Waals surface area contributed by atoms with Crippen LogP contribution in [0.2, 0.25) is 0 Å². The van der Waals surface area contributed by atoms with Crippen LogP contribution >= 0.6 is 22.6 Å². The first-order valence-electron chi connectivity index (χ1n) is 10.5. The maximum atomic E-state index is 12.5. The molecule has 174 valence electrons. The number of nitrogens with one attached hydrogen (secondary N) is 2. The van der Waals surface area contributed by atoms with Crippen molar-refractivity contribution >= 4 is 46.2 Å². The highest BCUT2D eigenvalue weighted by Crippen LogP contribution is 2.44. The molecule has 0 saturated carbocycles. The monoisotopic (exact) mass is 572 g/mol. The highest BCUT2D eigenvalue weighted by Gasteiger charge is 2.29. The SMILES string of the molecule is CC(ONC(=O)c1ccc(NC(=O)OCC2c3ccccc3-c3ccccc32)c(I)c1)C(=O)O. The number of aliphatic carboxylic acids is 1. The fraction of sp³-hybridized carbons (Fsp3) is 0.160. The zero-order valence-corrected chi connectivity index (χ0v) is 20.2. The zero-order valence-electron chi connectivity index (χ0n) is 18.1. The molecule has 3 N–H and O–H groups in total. The van der Waals surface area contributed by atoms with Crippen molar-refractivity contribution in [2.45, 2.75) is 18.9 Å². The number of benzene rings is 3. The van der Waals surface area contributed by atoms with Gasteiger partial charge in [0.05, 0.1) is 5.69 Å². The van der Waals surface area contributed by atoms with Crippen molar-refractivity contribution in [2.24, 2.45) is 0 Å². The van der Waals surface area contributed by atoms with Crippen LogP contribution in [-0.4, -0.2) is 35.8 Å². The molecule has 1 aliphatic rings. The van der Waals surface area contributed by atoms with Crippen LogP contribution in [0.25, 0.3) is 11.1 Å². The summed E-state index contributed by atoms with van der Waals surface area (Å²) in [5.41, 5.74) is 7.38. The zero-order chi connectivity index (χ0) is 24.2. The molecule has 0 bridgehead atoms. The molecule has 1 unspecified atom stereocenters. The maximum absolute atomic E-state index is 12.5. The van der Waals surface area contributed by atoms with Gasteiger partial charge in [0.1, 0.15) is 6.61 Å². The van der Waals surface area contributed by atoms with Gasteiger partial charge in [-0.1, -0.05) is 48.5 Å².